The van der Waals surface area contributed by atoms with Crippen molar-refractivity contribution in [3.8, 4) is 17.2 Å². The van der Waals surface area contributed by atoms with Crippen molar-refractivity contribution in [1.82, 2.24) is 5.32 Å². The summed E-state index contributed by atoms with van der Waals surface area (Å²) in [6.07, 6.45) is 0.0302. The highest BCUT2D eigenvalue weighted by atomic mass is 16.5. The maximum absolute atomic E-state index is 14.0. The average Bonchev–Trinajstić information content (AvgIpc) is 3.34. The molecule has 3 aromatic rings. The van der Waals surface area contributed by atoms with E-state index in [0.29, 0.717) is 53.0 Å². The third kappa shape index (κ3) is 6.71. The molecule has 1 aliphatic rings. The van der Waals surface area contributed by atoms with Crippen molar-refractivity contribution >= 4 is 17.5 Å². The largest absolute Gasteiger partial charge is 0.497 e. The standard InChI is InChI=1S/C30H33N5O6/c1-20-30(18-22-7-4-5-8-26(22)34-35-31,29(37)32-19-23-11-14-25(38-2)17-27(23)39-3)33-28(41-20)21-9-12-24(13-10-21)40-16-6-15-36/h4-5,7-14,17,20,36H,6,15-16,18-19H2,1-3H3,(H,32,37)/t20-,30-/m1/s1. The molecule has 3 aromatic carbocycles. The Labute approximate surface area is 238 Å². The zero-order valence-electron chi connectivity index (χ0n) is 23.2. The first-order valence-electron chi connectivity index (χ1n) is 13.2. The van der Waals surface area contributed by atoms with Crippen LogP contribution in [0.2, 0.25) is 0 Å². The normalized spacial score (nSPS) is 17.6. The highest BCUT2D eigenvalue weighted by Gasteiger charge is 2.50. The summed E-state index contributed by atoms with van der Waals surface area (Å²) in [7, 11) is 3.13. The summed E-state index contributed by atoms with van der Waals surface area (Å²) in [5, 5.41) is 15.8. The number of methoxy groups -OCH3 is 2. The molecule has 11 heteroatoms. The molecule has 4 rings (SSSR count). The van der Waals surface area contributed by atoms with Crippen LogP contribution in [-0.2, 0) is 22.5 Å². The molecule has 0 radical (unpaired) electrons. The summed E-state index contributed by atoms with van der Waals surface area (Å²) in [6.45, 7) is 2.44. The first-order chi connectivity index (χ1) is 19.9. The lowest BCUT2D eigenvalue weighted by molar-refractivity contribution is -0.128. The number of aliphatic hydroxyl groups excluding tert-OH is 1. The van der Waals surface area contributed by atoms with Gasteiger partial charge in [-0.05, 0) is 54.4 Å². The zero-order valence-corrected chi connectivity index (χ0v) is 23.2. The summed E-state index contributed by atoms with van der Waals surface area (Å²) < 4.78 is 22.6. The van der Waals surface area contributed by atoms with Crippen LogP contribution >= 0.6 is 0 Å². The first-order valence-corrected chi connectivity index (χ1v) is 13.2. The highest BCUT2D eigenvalue weighted by molar-refractivity contribution is 6.01. The number of hydrogen-bond acceptors (Lipinski definition) is 8. The highest BCUT2D eigenvalue weighted by Crippen LogP contribution is 2.35. The summed E-state index contributed by atoms with van der Waals surface area (Å²) in [4.78, 5) is 21.8. The summed E-state index contributed by atoms with van der Waals surface area (Å²) in [5.41, 5.74) is 10.3. The minimum Gasteiger partial charge on any atom is -0.497 e. The number of amides is 1. The minimum atomic E-state index is -1.35. The fraction of sp³-hybridized carbons (Fsp3) is 0.333. The Morgan fingerprint density at radius 1 is 1.10 bits per heavy atom. The van der Waals surface area contributed by atoms with Crippen molar-refractivity contribution in [2.24, 2.45) is 10.1 Å². The number of carbonyl (C=O) groups is 1. The Balaban J connectivity index is 1.66. The molecule has 2 atom stereocenters. The zero-order chi connectivity index (χ0) is 29.2. The summed E-state index contributed by atoms with van der Waals surface area (Å²) in [5.74, 6) is 1.83. The van der Waals surface area contributed by atoms with Crippen molar-refractivity contribution in [3.05, 3.63) is 93.9 Å². The monoisotopic (exact) mass is 559 g/mol. The lowest BCUT2D eigenvalue weighted by Gasteiger charge is -2.29. The van der Waals surface area contributed by atoms with Gasteiger partial charge in [0, 0.05) is 53.8 Å². The predicted octanol–water partition coefficient (Wildman–Crippen LogP) is 4.87. The molecule has 0 unspecified atom stereocenters. The van der Waals surface area contributed by atoms with Crippen LogP contribution in [0, 0.1) is 0 Å². The quantitative estimate of drug-likeness (QED) is 0.132. The first kappa shape index (κ1) is 29.3. The van der Waals surface area contributed by atoms with Crippen LogP contribution in [0.4, 0.5) is 5.69 Å². The Morgan fingerprint density at radius 3 is 2.56 bits per heavy atom. The van der Waals surface area contributed by atoms with E-state index in [9.17, 15) is 4.79 Å². The molecule has 0 saturated heterocycles. The molecule has 214 valence electrons. The van der Waals surface area contributed by atoms with E-state index in [1.54, 1.807) is 57.5 Å². The SMILES string of the molecule is COc1ccc(CNC(=O)[C@]2(Cc3ccccc3N=[N+]=[N-])N=C(c3ccc(OCCCO)cc3)O[C@@H]2C)c(OC)c1. The van der Waals surface area contributed by atoms with E-state index >= 15 is 0 Å². The van der Waals surface area contributed by atoms with E-state index < -0.39 is 11.6 Å². The smallest absolute Gasteiger partial charge is 0.252 e. The van der Waals surface area contributed by atoms with Crippen molar-refractivity contribution < 1.29 is 28.8 Å². The lowest BCUT2D eigenvalue weighted by Crippen LogP contribution is -2.52. The maximum Gasteiger partial charge on any atom is 0.252 e. The summed E-state index contributed by atoms with van der Waals surface area (Å²) >= 11 is 0. The molecular formula is C30H33N5O6. The van der Waals surface area contributed by atoms with Gasteiger partial charge in [-0.3, -0.25) is 4.79 Å². The third-order valence-electron chi connectivity index (χ3n) is 6.87. The maximum atomic E-state index is 14.0. The fourth-order valence-electron chi connectivity index (χ4n) is 4.57. The number of rotatable bonds is 13. The number of aliphatic imine (C=N–C) groups is 1. The van der Waals surface area contributed by atoms with Gasteiger partial charge in [-0.15, -0.1) is 0 Å². The number of nitrogens with one attached hydrogen (secondary N) is 1. The van der Waals surface area contributed by atoms with Crippen molar-refractivity contribution in [2.45, 2.75) is 38.0 Å². The summed E-state index contributed by atoms with van der Waals surface area (Å²) in [6, 6.07) is 19.7. The molecule has 0 bridgehead atoms. The molecular weight excluding hydrogens is 526 g/mol. The number of benzene rings is 3. The van der Waals surface area contributed by atoms with Crippen molar-refractivity contribution in [2.75, 3.05) is 27.4 Å². The molecule has 1 heterocycles. The van der Waals surface area contributed by atoms with Gasteiger partial charge in [0.25, 0.3) is 5.91 Å². The van der Waals surface area contributed by atoms with Gasteiger partial charge < -0.3 is 29.4 Å². The van der Waals surface area contributed by atoms with E-state index in [0.717, 1.165) is 5.56 Å². The molecule has 2 N–H and O–H groups in total. The molecule has 1 aliphatic heterocycles. The molecule has 1 amide bonds. The van der Waals surface area contributed by atoms with Crippen molar-refractivity contribution in [1.29, 1.82) is 0 Å². The van der Waals surface area contributed by atoms with Gasteiger partial charge in [0.2, 0.25) is 5.90 Å². The molecule has 41 heavy (non-hydrogen) atoms. The topological polar surface area (TPSA) is 147 Å². The van der Waals surface area contributed by atoms with Gasteiger partial charge in [0.15, 0.2) is 5.54 Å². The van der Waals surface area contributed by atoms with Crippen LogP contribution < -0.4 is 19.5 Å². The molecule has 11 nitrogen and oxygen atoms in total. The van der Waals surface area contributed by atoms with E-state index in [2.05, 4.69) is 15.3 Å². The second kappa shape index (κ2) is 13.6. The van der Waals surface area contributed by atoms with Crippen LogP contribution in [0.5, 0.6) is 17.2 Å². The molecule has 0 fully saturated rings. The number of hydrogen-bond donors (Lipinski definition) is 2. The lowest BCUT2D eigenvalue weighted by atomic mass is 9.85. The van der Waals surface area contributed by atoms with Gasteiger partial charge in [0.05, 0.1) is 20.8 Å². The van der Waals surface area contributed by atoms with Crippen molar-refractivity contribution in [3.63, 3.8) is 0 Å². The average molecular weight is 560 g/mol. The predicted molar refractivity (Wildman–Crippen MR) is 154 cm³/mol. The number of aliphatic hydroxyl groups is 1. The fourth-order valence-corrected chi connectivity index (χ4v) is 4.57. The Hall–Kier alpha value is -4.73. The Bertz CT molecular complexity index is 1440. The number of azide groups is 1. The molecule has 0 aromatic heterocycles. The van der Waals surface area contributed by atoms with Gasteiger partial charge in [-0.25, -0.2) is 4.99 Å². The van der Waals surface area contributed by atoms with Gasteiger partial charge >= 0.3 is 0 Å². The second-order valence-corrected chi connectivity index (χ2v) is 9.41. The molecule has 0 aliphatic carbocycles. The Morgan fingerprint density at radius 2 is 1.85 bits per heavy atom. The molecule has 0 spiro atoms. The van der Waals surface area contributed by atoms with E-state index in [1.807, 2.05) is 30.3 Å². The number of ether oxygens (including phenoxy) is 4. The number of carbonyl (C=O) groups excluding carboxylic acids is 1. The molecule has 0 saturated carbocycles. The second-order valence-electron chi connectivity index (χ2n) is 9.41. The van der Waals surface area contributed by atoms with E-state index in [4.69, 9.17) is 34.6 Å². The Kier molecular flexibility index (Phi) is 9.68. The van der Waals surface area contributed by atoms with E-state index in [-0.39, 0.29) is 25.5 Å². The van der Waals surface area contributed by atoms with Crippen LogP contribution in [0.1, 0.15) is 30.0 Å². The third-order valence-corrected chi connectivity index (χ3v) is 6.87. The number of nitrogens with zero attached hydrogens (tertiary/aromatic N) is 4. The van der Waals surface area contributed by atoms with Crippen LogP contribution in [-0.4, -0.2) is 56.0 Å². The van der Waals surface area contributed by atoms with Gasteiger partial charge in [0.1, 0.15) is 23.4 Å². The van der Waals surface area contributed by atoms with Crippen LogP contribution in [0.3, 0.4) is 0 Å². The van der Waals surface area contributed by atoms with Gasteiger partial charge in [-0.1, -0.05) is 29.4 Å². The van der Waals surface area contributed by atoms with Crippen LogP contribution in [0.15, 0.2) is 76.8 Å². The minimum absolute atomic E-state index is 0.0544. The van der Waals surface area contributed by atoms with Crippen LogP contribution in [0.25, 0.3) is 10.4 Å². The van der Waals surface area contributed by atoms with Gasteiger partial charge in [-0.2, -0.15) is 0 Å². The van der Waals surface area contributed by atoms with E-state index in [1.165, 1.54) is 0 Å².